The van der Waals surface area contributed by atoms with Crippen LogP contribution in [0.2, 0.25) is 10.0 Å². The second-order valence-electron chi connectivity index (χ2n) is 5.25. The van der Waals surface area contributed by atoms with Gasteiger partial charge in [0.1, 0.15) is 16.5 Å². The highest BCUT2D eigenvalue weighted by molar-refractivity contribution is 6.36. The van der Waals surface area contributed by atoms with E-state index in [9.17, 15) is 9.18 Å². The minimum Gasteiger partial charge on any atom is -0.496 e. The summed E-state index contributed by atoms with van der Waals surface area (Å²) in [6.45, 7) is 0. The van der Waals surface area contributed by atoms with Crippen molar-refractivity contribution in [2.75, 3.05) is 12.8 Å². The Balaban J connectivity index is 2.19. The average Bonchev–Trinajstić information content (AvgIpc) is 2.62. The van der Waals surface area contributed by atoms with Crippen LogP contribution in [0.1, 0.15) is 10.4 Å². The van der Waals surface area contributed by atoms with Crippen LogP contribution in [0, 0.1) is 5.82 Å². The van der Waals surface area contributed by atoms with Crippen LogP contribution in [0.25, 0.3) is 10.9 Å². The molecule has 0 saturated heterocycles. The van der Waals surface area contributed by atoms with Gasteiger partial charge in [0.25, 0.3) is 5.91 Å². The third-order valence-corrected chi connectivity index (χ3v) is 4.31. The standard InChI is InChI=1S/C17H12Cl2FN3O3/c1-25-13-6-11-7(4-8(13)17(22)24)12(2-3-23-11)26-16-9(18)5-10(21)14(19)15(16)20/h2-6H,21H2,1H3,(H2,22,24). The van der Waals surface area contributed by atoms with Gasteiger partial charge >= 0.3 is 0 Å². The van der Waals surface area contributed by atoms with Crippen LogP contribution in [0.5, 0.6) is 17.2 Å². The lowest BCUT2D eigenvalue weighted by molar-refractivity contribution is 0.0997. The molecule has 0 bridgehead atoms. The second kappa shape index (κ2) is 6.86. The first-order valence-electron chi connectivity index (χ1n) is 7.20. The summed E-state index contributed by atoms with van der Waals surface area (Å²) in [6, 6.07) is 5.74. The van der Waals surface area contributed by atoms with E-state index in [4.69, 9.17) is 44.1 Å². The fourth-order valence-electron chi connectivity index (χ4n) is 2.40. The molecule has 0 spiro atoms. The summed E-state index contributed by atoms with van der Waals surface area (Å²) in [5.74, 6) is -1.44. The molecule has 1 heterocycles. The van der Waals surface area contributed by atoms with Crippen molar-refractivity contribution in [3.8, 4) is 17.2 Å². The number of carbonyl (C=O) groups excluding carboxylic acids is 1. The van der Waals surface area contributed by atoms with Crippen molar-refractivity contribution >= 4 is 45.7 Å². The number of nitrogens with two attached hydrogens (primary N) is 2. The molecule has 9 heteroatoms. The lowest BCUT2D eigenvalue weighted by Gasteiger charge is -2.14. The van der Waals surface area contributed by atoms with Gasteiger partial charge < -0.3 is 20.9 Å². The highest BCUT2D eigenvalue weighted by Crippen LogP contribution is 2.41. The van der Waals surface area contributed by atoms with E-state index in [1.54, 1.807) is 0 Å². The van der Waals surface area contributed by atoms with Gasteiger partial charge in [-0.2, -0.15) is 0 Å². The Bertz CT molecular complexity index is 1040. The summed E-state index contributed by atoms with van der Waals surface area (Å²) in [5.41, 5.74) is 11.5. The first kappa shape index (κ1) is 18.0. The molecule has 6 nitrogen and oxygen atoms in total. The van der Waals surface area contributed by atoms with Crippen LogP contribution in [-0.2, 0) is 0 Å². The number of pyridine rings is 1. The lowest BCUT2D eigenvalue weighted by atomic mass is 10.1. The molecule has 1 aromatic heterocycles. The van der Waals surface area contributed by atoms with Gasteiger partial charge in [0.15, 0.2) is 11.6 Å². The van der Waals surface area contributed by atoms with Crippen LogP contribution in [0.4, 0.5) is 10.1 Å². The minimum absolute atomic E-state index is 0.0122. The normalized spacial score (nSPS) is 10.8. The van der Waals surface area contributed by atoms with E-state index in [0.717, 1.165) is 0 Å². The number of aromatic nitrogens is 1. The van der Waals surface area contributed by atoms with Crippen LogP contribution < -0.4 is 20.9 Å². The molecule has 2 aromatic carbocycles. The number of nitrogen functional groups attached to an aromatic ring is 1. The number of nitrogens with zero attached hydrogens (tertiary/aromatic N) is 1. The number of methoxy groups -OCH3 is 1. The third-order valence-electron chi connectivity index (χ3n) is 3.64. The maximum absolute atomic E-state index is 14.4. The van der Waals surface area contributed by atoms with Crippen molar-refractivity contribution in [2.24, 2.45) is 5.73 Å². The summed E-state index contributed by atoms with van der Waals surface area (Å²) in [6.07, 6.45) is 1.45. The van der Waals surface area contributed by atoms with E-state index >= 15 is 0 Å². The zero-order valence-electron chi connectivity index (χ0n) is 13.3. The molecule has 3 aromatic rings. The monoisotopic (exact) mass is 395 g/mol. The van der Waals surface area contributed by atoms with Crippen LogP contribution in [0.3, 0.4) is 0 Å². The number of hydrogen-bond acceptors (Lipinski definition) is 5. The number of ether oxygens (including phenoxy) is 2. The first-order chi connectivity index (χ1) is 12.3. The molecular weight excluding hydrogens is 384 g/mol. The Morgan fingerprint density at radius 1 is 1.23 bits per heavy atom. The number of rotatable bonds is 4. The van der Waals surface area contributed by atoms with Crippen molar-refractivity contribution < 1.29 is 18.7 Å². The van der Waals surface area contributed by atoms with Gasteiger partial charge in [-0.1, -0.05) is 23.2 Å². The van der Waals surface area contributed by atoms with Crippen LogP contribution in [-0.4, -0.2) is 18.0 Å². The Labute approximate surface area is 157 Å². The zero-order chi connectivity index (χ0) is 19.0. The molecule has 0 aliphatic carbocycles. The number of primary amides is 1. The maximum atomic E-state index is 14.4. The molecule has 0 aliphatic rings. The van der Waals surface area contributed by atoms with Crippen molar-refractivity contribution in [3.05, 3.63) is 51.9 Å². The summed E-state index contributed by atoms with van der Waals surface area (Å²) < 4.78 is 25.2. The topological polar surface area (TPSA) is 100 Å². The summed E-state index contributed by atoms with van der Waals surface area (Å²) in [4.78, 5) is 15.8. The Morgan fingerprint density at radius 3 is 2.62 bits per heavy atom. The van der Waals surface area contributed by atoms with Gasteiger partial charge in [0.05, 0.1) is 28.9 Å². The van der Waals surface area contributed by atoms with E-state index in [1.807, 2.05) is 0 Å². The Morgan fingerprint density at radius 2 is 1.96 bits per heavy atom. The summed E-state index contributed by atoms with van der Waals surface area (Å²) in [7, 11) is 1.40. The number of hydrogen-bond donors (Lipinski definition) is 2. The molecule has 0 atom stereocenters. The second-order valence-corrected chi connectivity index (χ2v) is 6.03. The van der Waals surface area contributed by atoms with Crippen molar-refractivity contribution in [1.29, 1.82) is 0 Å². The Kier molecular flexibility index (Phi) is 4.76. The fraction of sp³-hybridized carbons (Fsp3) is 0.0588. The highest BCUT2D eigenvalue weighted by Gasteiger charge is 2.19. The van der Waals surface area contributed by atoms with Gasteiger partial charge in [0.2, 0.25) is 0 Å². The molecule has 26 heavy (non-hydrogen) atoms. The van der Waals surface area contributed by atoms with Crippen molar-refractivity contribution in [1.82, 2.24) is 4.98 Å². The molecule has 0 saturated carbocycles. The SMILES string of the molecule is COc1cc2nccc(Oc3c(Cl)cc(N)c(Cl)c3F)c2cc1C(N)=O. The van der Waals surface area contributed by atoms with Crippen LogP contribution >= 0.6 is 23.2 Å². The number of fused-ring (bicyclic) bond motifs is 1. The van der Waals surface area contributed by atoms with E-state index in [2.05, 4.69) is 4.98 Å². The van der Waals surface area contributed by atoms with Gasteiger partial charge in [0, 0.05) is 17.6 Å². The average molecular weight is 396 g/mol. The molecule has 0 aliphatic heterocycles. The molecule has 3 rings (SSSR count). The highest BCUT2D eigenvalue weighted by atomic mass is 35.5. The van der Waals surface area contributed by atoms with Gasteiger partial charge in [-0.3, -0.25) is 9.78 Å². The van der Waals surface area contributed by atoms with Crippen molar-refractivity contribution in [3.63, 3.8) is 0 Å². The zero-order valence-corrected chi connectivity index (χ0v) is 14.9. The minimum atomic E-state index is -0.898. The van der Waals surface area contributed by atoms with Gasteiger partial charge in [-0.05, 0) is 18.2 Å². The molecule has 0 unspecified atom stereocenters. The largest absolute Gasteiger partial charge is 0.496 e. The van der Waals surface area contributed by atoms with Crippen molar-refractivity contribution in [2.45, 2.75) is 0 Å². The number of halogens is 3. The fourth-order valence-corrected chi connectivity index (χ4v) is 2.78. The van der Waals surface area contributed by atoms with E-state index in [1.165, 1.54) is 37.6 Å². The summed E-state index contributed by atoms with van der Waals surface area (Å²) in [5, 5.41) is 0.0470. The number of amides is 1. The predicted octanol–water partition coefficient (Wildman–Crippen LogP) is 4.16. The summed E-state index contributed by atoms with van der Waals surface area (Å²) >= 11 is 11.8. The molecule has 0 fully saturated rings. The molecule has 1 amide bonds. The van der Waals surface area contributed by atoms with E-state index in [0.29, 0.717) is 10.9 Å². The van der Waals surface area contributed by atoms with Gasteiger partial charge in [-0.25, -0.2) is 4.39 Å². The molecular formula is C17H12Cl2FN3O3. The third kappa shape index (κ3) is 3.07. The van der Waals surface area contributed by atoms with Crippen LogP contribution in [0.15, 0.2) is 30.5 Å². The Hall–Kier alpha value is -2.77. The predicted molar refractivity (Wildman–Crippen MR) is 97.7 cm³/mol. The molecule has 0 radical (unpaired) electrons. The smallest absolute Gasteiger partial charge is 0.252 e. The maximum Gasteiger partial charge on any atom is 0.252 e. The molecule has 134 valence electrons. The quantitative estimate of drug-likeness (QED) is 0.510. The number of carbonyl (C=O) groups is 1. The first-order valence-corrected chi connectivity index (χ1v) is 7.96. The lowest BCUT2D eigenvalue weighted by Crippen LogP contribution is -2.12. The van der Waals surface area contributed by atoms with Gasteiger partial charge in [-0.15, -0.1) is 0 Å². The number of anilines is 1. The van der Waals surface area contributed by atoms with E-state index < -0.39 is 11.7 Å². The number of benzene rings is 2. The van der Waals surface area contributed by atoms with E-state index in [-0.39, 0.29) is 38.5 Å². The molecule has 4 N–H and O–H groups in total.